The third kappa shape index (κ3) is 9.42. The second-order valence-electron chi connectivity index (χ2n) is 13.8. The zero-order valence-electron chi connectivity index (χ0n) is 30.6. The summed E-state index contributed by atoms with van der Waals surface area (Å²) in [5.74, 6) is -0.348. The molecule has 54 heavy (non-hydrogen) atoms. The molecule has 7 rings (SSSR count). The largest absolute Gasteiger partial charge is 0.497 e. The van der Waals surface area contributed by atoms with Crippen LogP contribution in [0.15, 0.2) is 104 Å². The number of carbonyl (C=O) groups excluding carboxylic acids is 4. The Morgan fingerprint density at radius 2 is 1.72 bits per heavy atom. The molecule has 0 saturated carbocycles. The minimum Gasteiger partial charge on any atom is -0.497 e. The lowest BCUT2D eigenvalue weighted by Crippen LogP contribution is -2.56. The standard InChI is InChI=1S/C42H47N5O7/c1-4-30-25-47-20-18-31(30)22-37(47)39(33-17-19-43-35-16-15-32(52-3)23-34(33)35)54-41(50)27(2)45-40(49)36(21-28-11-7-5-8-12-28)46-38(48)24-44-42(51)53-26-29-13-9-6-10-14-29/h4-17,19,23,27,30-31,36-37,39H,1,18,20-22,24-26H2,2-3H3,(H,44,51)(H,45,49)(H,46,48)/t27-,30-,31-,36-,37-,39+/m0/s1. The summed E-state index contributed by atoms with van der Waals surface area (Å²) in [6, 6.07) is 23.7. The summed E-state index contributed by atoms with van der Waals surface area (Å²) in [5.41, 5.74) is 3.15. The lowest BCUT2D eigenvalue weighted by molar-refractivity contribution is -0.160. The van der Waals surface area contributed by atoms with E-state index in [1.165, 1.54) is 0 Å². The molecule has 3 aliphatic heterocycles. The smallest absolute Gasteiger partial charge is 0.407 e. The Labute approximate surface area is 315 Å². The van der Waals surface area contributed by atoms with Gasteiger partial charge in [-0.3, -0.25) is 19.5 Å². The second-order valence-corrected chi connectivity index (χ2v) is 13.8. The lowest BCUT2D eigenvalue weighted by atomic mass is 9.73. The zero-order valence-corrected chi connectivity index (χ0v) is 30.6. The molecule has 1 aromatic heterocycles. The van der Waals surface area contributed by atoms with Crippen LogP contribution in [0.5, 0.6) is 5.75 Å². The van der Waals surface area contributed by atoms with Gasteiger partial charge in [0.1, 0.15) is 37.1 Å². The molecule has 3 aliphatic rings. The molecule has 282 valence electrons. The third-order valence-electron chi connectivity index (χ3n) is 10.3. The van der Waals surface area contributed by atoms with Crippen LogP contribution in [0.4, 0.5) is 4.79 Å². The lowest BCUT2D eigenvalue weighted by Gasteiger charge is -2.51. The van der Waals surface area contributed by atoms with Crippen molar-refractivity contribution in [2.24, 2.45) is 11.8 Å². The quantitative estimate of drug-likeness (QED) is 0.115. The highest BCUT2D eigenvalue weighted by Crippen LogP contribution is 2.43. The van der Waals surface area contributed by atoms with Crippen LogP contribution < -0.4 is 20.7 Å². The first-order valence-electron chi connectivity index (χ1n) is 18.3. The number of ether oxygens (including phenoxy) is 3. The molecule has 3 saturated heterocycles. The van der Waals surface area contributed by atoms with Gasteiger partial charge in [-0.05, 0) is 73.5 Å². The molecule has 12 nitrogen and oxygen atoms in total. The first-order chi connectivity index (χ1) is 26.2. The molecule has 0 aliphatic carbocycles. The fraction of sp³-hybridized carbons (Fsp3) is 0.357. The molecule has 3 amide bonds. The highest BCUT2D eigenvalue weighted by Gasteiger charge is 2.44. The summed E-state index contributed by atoms with van der Waals surface area (Å²) in [6.07, 6.45) is 4.33. The van der Waals surface area contributed by atoms with Crippen molar-refractivity contribution >= 4 is 34.8 Å². The Hall–Kier alpha value is -5.75. The second kappa shape index (κ2) is 17.8. The van der Waals surface area contributed by atoms with Gasteiger partial charge in [-0.25, -0.2) is 9.59 Å². The molecule has 1 unspecified atom stereocenters. The Morgan fingerprint density at radius 1 is 0.981 bits per heavy atom. The molecular formula is C42H47N5O7. The van der Waals surface area contributed by atoms with Gasteiger partial charge in [-0.1, -0.05) is 66.7 Å². The molecule has 3 fully saturated rings. The topological polar surface area (TPSA) is 148 Å². The van der Waals surface area contributed by atoms with Gasteiger partial charge in [0.05, 0.1) is 18.7 Å². The van der Waals surface area contributed by atoms with Gasteiger partial charge < -0.3 is 30.2 Å². The summed E-state index contributed by atoms with van der Waals surface area (Å²) in [4.78, 5) is 60.0. The first-order valence-corrected chi connectivity index (χ1v) is 18.3. The van der Waals surface area contributed by atoms with Gasteiger partial charge in [-0.2, -0.15) is 0 Å². The van der Waals surface area contributed by atoms with Crippen LogP contribution in [0.1, 0.15) is 42.6 Å². The molecule has 0 radical (unpaired) electrons. The number of esters is 1. The van der Waals surface area contributed by atoms with Crippen LogP contribution in [0.3, 0.4) is 0 Å². The molecule has 3 aromatic carbocycles. The van der Waals surface area contributed by atoms with E-state index in [0.717, 1.165) is 53.5 Å². The van der Waals surface area contributed by atoms with Crippen molar-refractivity contribution in [2.75, 3.05) is 26.7 Å². The minimum atomic E-state index is -1.05. The normalized spacial score (nSPS) is 20.5. The van der Waals surface area contributed by atoms with E-state index in [9.17, 15) is 19.2 Å². The van der Waals surface area contributed by atoms with Gasteiger partial charge in [0.25, 0.3) is 0 Å². The molecule has 7 atom stereocenters. The summed E-state index contributed by atoms with van der Waals surface area (Å²) >= 11 is 0. The van der Waals surface area contributed by atoms with Gasteiger partial charge in [0.2, 0.25) is 11.8 Å². The number of piperidine rings is 3. The number of carbonyl (C=O) groups is 4. The van der Waals surface area contributed by atoms with E-state index in [1.807, 2.05) is 91.0 Å². The van der Waals surface area contributed by atoms with Crippen LogP contribution in [-0.4, -0.2) is 78.6 Å². The Bertz CT molecular complexity index is 1940. The van der Waals surface area contributed by atoms with Gasteiger partial charge in [-0.15, -0.1) is 6.58 Å². The summed E-state index contributed by atoms with van der Waals surface area (Å²) < 4.78 is 17.1. The molecule has 0 spiro atoms. The van der Waals surface area contributed by atoms with E-state index in [-0.39, 0.29) is 19.1 Å². The number of aromatic nitrogens is 1. The SMILES string of the molecule is C=C[C@H]1CN2CC[C@H]1C[C@H]2[C@H](OC(=O)[C@H](C)NC(=O)[C@H](Cc1ccccc1)NC(=O)CNC(=O)OCc1ccccc1)c1ccnc2ccc(OC)cc12. The average Bonchev–Trinajstić information content (AvgIpc) is 3.21. The van der Waals surface area contributed by atoms with Crippen molar-refractivity contribution in [3.05, 3.63) is 120 Å². The van der Waals surface area contributed by atoms with Crippen molar-refractivity contribution in [1.29, 1.82) is 0 Å². The van der Waals surface area contributed by atoms with Gasteiger partial charge >= 0.3 is 12.1 Å². The summed E-state index contributed by atoms with van der Waals surface area (Å²) in [5, 5.41) is 8.73. The van der Waals surface area contributed by atoms with E-state index in [1.54, 1.807) is 20.2 Å². The number of nitrogens with one attached hydrogen (secondary N) is 3. The van der Waals surface area contributed by atoms with Crippen LogP contribution in [0.25, 0.3) is 10.9 Å². The predicted octanol–water partition coefficient (Wildman–Crippen LogP) is 4.88. The number of hydrogen-bond donors (Lipinski definition) is 3. The zero-order chi connectivity index (χ0) is 38.0. The maximum atomic E-state index is 14.0. The fourth-order valence-corrected chi connectivity index (χ4v) is 7.39. The number of alkyl carbamates (subject to hydrolysis) is 1. The number of hydrogen-bond acceptors (Lipinski definition) is 9. The molecule has 4 aromatic rings. The highest BCUT2D eigenvalue weighted by molar-refractivity contribution is 5.92. The maximum absolute atomic E-state index is 14.0. The van der Waals surface area contributed by atoms with Crippen LogP contribution in [0.2, 0.25) is 0 Å². The number of benzene rings is 3. The monoisotopic (exact) mass is 733 g/mol. The van der Waals surface area contributed by atoms with Gasteiger partial charge in [0.15, 0.2) is 0 Å². The molecule has 4 heterocycles. The van der Waals surface area contributed by atoms with Crippen molar-refractivity contribution in [3.63, 3.8) is 0 Å². The van der Waals surface area contributed by atoms with E-state index >= 15 is 0 Å². The van der Waals surface area contributed by atoms with Crippen molar-refractivity contribution < 1.29 is 33.4 Å². The number of nitrogens with zero attached hydrogens (tertiary/aromatic N) is 2. The Morgan fingerprint density at radius 3 is 2.41 bits per heavy atom. The average molecular weight is 734 g/mol. The number of amides is 3. The Kier molecular flexibility index (Phi) is 12.6. The van der Waals surface area contributed by atoms with E-state index in [2.05, 4.69) is 32.4 Å². The number of rotatable bonds is 15. The van der Waals surface area contributed by atoms with Crippen LogP contribution >= 0.6 is 0 Å². The number of methoxy groups -OCH3 is 1. The van der Waals surface area contributed by atoms with E-state index < -0.39 is 48.6 Å². The molecule has 3 N–H and O–H groups in total. The van der Waals surface area contributed by atoms with Crippen molar-refractivity contribution in [1.82, 2.24) is 25.8 Å². The van der Waals surface area contributed by atoms with E-state index in [4.69, 9.17) is 14.2 Å². The molecule has 2 bridgehead atoms. The first kappa shape index (κ1) is 38.0. The number of pyridine rings is 1. The number of fused-ring (bicyclic) bond motifs is 4. The summed E-state index contributed by atoms with van der Waals surface area (Å²) in [6.45, 7) is 6.96. The van der Waals surface area contributed by atoms with Crippen molar-refractivity contribution in [3.8, 4) is 5.75 Å². The van der Waals surface area contributed by atoms with Crippen LogP contribution in [0, 0.1) is 11.8 Å². The highest BCUT2D eigenvalue weighted by atomic mass is 16.6. The van der Waals surface area contributed by atoms with Crippen LogP contribution in [-0.2, 0) is 36.9 Å². The molecular weight excluding hydrogens is 686 g/mol. The van der Waals surface area contributed by atoms with Crippen molar-refractivity contribution in [2.45, 2.75) is 57.0 Å². The predicted molar refractivity (Wildman–Crippen MR) is 203 cm³/mol. The van der Waals surface area contributed by atoms with E-state index in [0.29, 0.717) is 17.6 Å². The van der Waals surface area contributed by atoms with Gasteiger partial charge in [0, 0.05) is 30.1 Å². The molecule has 12 heteroatoms. The third-order valence-corrected chi connectivity index (χ3v) is 10.3. The maximum Gasteiger partial charge on any atom is 0.407 e. The summed E-state index contributed by atoms with van der Waals surface area (Å²) in [7, 11) is 1.60. The fourth-order valence-electron chi connectivity index (χ4n) is 7.39. The Balaban J connectivity index is 1.15. The minimum absolute atomic E-state index is 0.0441.